The summed E-state index contributed by atoms with van der Waals surface area (Å²) in [6.45, 7) is 1.28. The topological polar surface area (TPSA) is 133 Å². The van der Waals surface area contributed by atoms with Crippen molar-refractivity contribution in [3.8, 4) is 0 Å². The van der Waals surface area contributed by atoms with Crippen LogP contribution in [0.5, 0.6) is 0 Å². The van der Waals surface area contributed by atoms with Crippen LogP contribution in [-0.2, 0) is 14.4 Å². The number of benzene rings is 1. The van der Waals surface area contributed by atoms with Gasteiger partial charge in [-0.1, -0.05) is 12.1 Å². The summed E-state index contributed by atoms with van der Waals surface area (Å²) >= 11 is 0. The Bertz CT molecular complexity index is 599. The number of carboxylic acids is 2. The second-order valence-electron chi connectivity index (χ2n) is 4.52. The molecule has 0 aliphatic heterocycles. The van der Waals surface area contributed by atoms with Crippen molar-refractivity contribution in [1.29, 1.82) is 0 Å². The molecule has 4 N–H and O–H groups in total. The summed E-state index contributed by atoms with van der Waals surface area (Å²) in [4.78, 5) is 44.8. The molecule has 0 saturated heterocycles. The van der Waals surface area contributed by atoms with Gasteiger partial charge in [-0.05, 0) is 18.6 Å². The molecule has 0 aliphatic carbocycles. The first kappa shape index (κ1) is 17.2. The van der Waals surface area contributed by atoms with Crippen LogP contribution in [-0.4, -0.2) is 40.0 Å². The van der Waals surface area contributed by atoms with Gasteiger partial charge in [0.15, 0.2) is 0 Å². The predicted octanol–water partition coefficient (Wildman–Crippen LogP) is 0.693. The van der Waals surface area contributed by atoms with E-state index < -0.39 is 23.9 Å². The largest absolute Gasteiger partial charge is 0.481 e. The monoisotopic (exact) mass is 308 g/mol. The Morgan fingerprint density at radius 1 is 1.14 bits per heavy atom. The Kier molecular flexibility index (Phi) is 6.06. The van der Waals surface area contributed by atoms with E-state index in [2.05, 4.69) is 10.6 Å². The van der Waals surface area contributed by atoms with Crippen LogP contribution in [0.25, 0.3) is 0 Å². The lowest BCUT2D eigenvalue weighted by Crippen LogP contribution is -2.41. The Morgan fingerprint density at radius 3 is 2.32 bits per heavy atom. The normalized spacial score (nSPS) is 11.3. The molecule has 0 heterocycles. The van der Waals surface area contributed by atoms with Crippen LogP contribution < -0.4 is 10.6 Å². The first-order valence-electron chi connectivity index (χ1n) is 6.43. The SMILES string of the molecule is CC(=O)Nc1ccccc1C(=O)N[C@H](CCC(=O)O)C(=O)O. The molecule has 0 spiro atoms. The van der Waals surface area contributed by atoms with Crippen molar-refractivity contribution < 1.29 is 29.4 Å². The number of rotatable bonds is 7. The molecule has 0 unspecified atom stereocenters. The smallest absolute Gasteiger partial charge is 0.326 e. The molecule has 8 nitrogen and oxygen atoms in total. The summed E-state index contributed by atoms with van der Waals surface area (Å²) in [5.74, 6) is -3.56. The second-order valence-corrected chi connectivity index (χ2v) is 4.52. The minimum absolute atomic E-state index is 0.0966. The highest BCUT2D eigenvalue weighted by Gasteiger charge is 2.22. The Labute approximate surface area is 126 Å². The molecule has 22 heavy (non-hydrogen) atoms. The molecule has 8 heteroatoms. The average Bonchev–Trinajstić information content (AvgIpc) is 2.42. The van der Waals surface area contributed by atoms with Crippen molar-refractivity contribution in [3.63, 3.8) is 0 Å². The molecule has 0 aliphatic rings. The number of carbonyl (C=O) groups excluding carboxylic acids is 2. The van der Waals surface area contributed by atoms with E-state index >= 15 is 0 Å². The van der Waals surface area contributed by atoms with Gasteiger partial charge in [0, 0.05) is 13.3 Å². The van der Waals surface area contributed by atoms with Gasteiger partial charge in [0.2, 0.25) is 5.91 Å². The minimum atomic E-state index is -1.33. The van der Waals surface area contributed by atoms with Crippen LogP contribution in [0.4, 0.5) is 5.69 Å². The molecule has 2 amide bonds. The van der Waals surface area contributed by atoms with Crippen LogP contribution in [0.1, 0.15) is 30.1 Å². The van der Waals surface area contributed by atoms with Crippen molar-refractivity contribution in [2.24, 2.45) is 0 Å². The van der Waals surface area contributed by atoms with Gasteiger partial charge in [-0.3, -0.25) is 14.4 Å². The quantitative estimate of drug-likeness (QED) is 0.586. The number of para-hydroxylation sites is 1. The number of aliphatic carboxylic acids is 2. The van der Waals surface area contributed by atoms with Gasteiger partial charge >= 0.3 is 11.9 Å². The standard InChI is InChI=1S/C14H16N2O6/c1-8(17)15-10-5-3-2-4-9(10)13(20)16-11(14(21)22)6-7-12(18)19/h2-5,11H,6-7H2,1H3,(H,15,17)(H,16,20)(H,18,19)(H,21,22)/t11-/m1/s1. The van der Waals surface area contributed by atoms with Crippen molar-refractivity contribution in [1.82, 2.24) is 5.32 Å². The van der Waals surface area contributed by atoms with E-state index in [1.807, 2.05) is 0 Å². The maximum atomic E-state index is 12.1. The fourth-order valence-electron chi connectivity index (χ4n) is 1.74. The number of anilines is 1. The number of carbonyl (C=O) groups is 4. The van der Waals surface area contributed by atoms with Crippen molar-refractivity contribution in [3.05, 3.63) is 29.8 Å². The molecule has 1 rings (SSSR count). The zero-order valence-corrected chi connectivity index (χ0v) is 11.8. The Hall–Kier alpha value is -2.90. The molecule has 1 aromatic rings. The summed E-state index contributed by atoms with van der Waals surface area (Å²) < 4.78 is 0. The highest BCUT2D eigenvalue weighted by atomic mass is 16.4. The lowest BCUT2D eigenvalue weighted by molar-refractivity contribution is -0.140. The van der Waals surface area contributed by atoms with Crippen molar-refractivity contribution in [2.75, 3.05) is 5.32 Å². The van der Waals surface area contributed by atoms with E-state index in [9.17, 15) is 19.2 Å². The Balaban J connectivity index is 2.88. The lowest BCUT2D eigenvalue weighted by atomic mass is 10.1. The van der Waals surface area contributed by atoms with Crippen LogP contribution in [0.15, 0.2) is 24.3 Å². The molecule has 1 aromatic carbocycles. The first-order chi connectivity index (χ1) is 10.3. The minimum Gasteiger partial charge on any atom is -0.481 e. The summed E-state index contributed by atoms with van der Waals surface area (Å²) in [6, 6.07) is 4.78. The van der Waals surface area contributed by atoms with Gasteiger partial charge in [0.1, 0.15) is 6.04 Å². The van der Waals surface area contributed by atoms with Gasteiger partial charge in [0.25, 0.3) is 5.91 Å². The molecule has 0 radical (unpaired) electrons. The molecule has 0 aromatic heterocycles. The average molecular weight is 308 g/mol. The van der Waals surface area contributed by atoms with Gasteiger partial charge in [-0.15, -0.1) is 0 Å². The predicted molar refractivity (Wildman–Crippen MR) is 76.5 cm³/mol. The van der Waals surface area contributed by atoms with Gasteiger partial charge in [-0.25, -0.2) is 4.79 Å². The summed E-state index contributed by atoms with van der Waals surface area (Å²) in [5.41, 5.74) is 0.342. The fourth-order valence-corrected chi connectivity index (χ4v) is 1.74. The first-order valence-corrected chi connectivity index (χ1v) is 6.43. The van der Waals surface area contributed by atoms with E-state index in [-0.39, 0.29) is 30.0 Å². The van der Waals surface area contributed by atoms with E-state index in [1.165, 1.54) is 19.1 Å². The zero-order chi connectivity index (χ0) is 16.7. The van der Waals surface area contributed by atoms with E-state index in [1.54, 1.807) is 12.1 Å². The van der Waals surface area contributed by atoms with Crippen LogP contribution in [0.3, 0.4) is 0 Å². The van der Waals surface area contributed by atoms with E-state index in [0.29, 0.717) is 0 Å². The molecule has 1 atom stereocenters. The number of amides is 2. The van der Waals surface area contributed by atoms with Crippen LogP contribution in [0.2, 0.25) is 0 Å². The maximum Gasteiger partial charge on any atom is 0.326 e. The third-order valence-electron chi connectivity index (χ3n) is 2.73. The second kappa shape index (κ2) is 7.77. The molecule has 118 valence electrons. The van der Waals surface area contributed by atoms with Crippen LogP contribution >= 0.6 is 0 Å². The summed E-state index contributed by atoms with van der Waals surface area (Å²) in [7, 11) is 0. The maximum absolute atomic E-state index is 12.1. The molecular weight excluding hydrogens is 292 g/mol. The van der Waals surface area contributed by atoms with E-state index in [4.69, 9.17) is 10.2 Å². The number of hydrogen-bond acceptors (Lipinski definition) is 4. The molecular formula is C14H16N2O6. The fraction of sp³-hybridized carbons (Fsp3) is 0.286. The molecule has 0 bridgehead atoms. The highest BCUT2D eigenvalue weighted by Crippen LogP contribution is 2.15. The third kappa shape index (κ3) is 5.23. The lowest BCUT2D eigenvalue weighted by Gasteiger charge is -2.15. The van der Waals surface area contributed by atoms with Crippen molar-refractivity contribution in [2.45, 2.75) is 25.8 Å². The van der Waals surface area contributed by atoms with E-state index in [0.717, 1.165) is 0 Å². The van der Waals surface area contributed by atoms with Gasteiger partial charge < -0.3 is 20.8 Å². The molecule has 0 saturated carbocycles. The summed E-state index contributed by atoms with van der Waals surface area (Å²) in [6.07, 6.45) is -0.622. The van der Waals surface area contributed by atoms with Crippen molar-refractivity contribution >= 4 is 29.4 Å². The Morgan fingerprint density at radius 2 is 1.77 bits per heavy atom. The highest BCUT2D eigenvalue weighted by molar-refractivity contribution is 6.04. The van der Waals surface area contributed by atoms with Crippen LogP contribution in [0, 0.1) is 0 Å². The molecule has 0 fully saturated rings. The van der Waals surface area contributed by atoms with Gasteiger partial charge in [0.05, 0.1) is 11.3 Å². The third-order valence-corrected chi connectivity index (χ3v) is 2.73. The number of nitrogens with one attached hydrogen (secondary N) is 2. The number of hydrogen-bond donors (Lipinski definition) is 4. The number of carboxylic acid groups (broad SMARTS) is 2. The zero-order valence-electron chi connectivity index (χ0n) is 11.8. The van der Waals surface area contributed by atoms with Gasteiger partial charge in [-0.2, -0.15) is 0 Å². The summed E-state index contributed by atoms with van der Waals surface area (Å²) in [5, 5.41) is 22.3.